The molecule has 0 aliphatic carbocycles. The molecule has 1 aromatic rings. The number of amides is 9. The van der Waals surface area contributed by atoms with E-state index in [1.165, 1.54) is 30.8 Å². The van der Waals surface area contributed by atoms with Gasteiger partial charge in [0.25, 0.3) is 0 Å². The molecule has 7 aliphatic heterocycles. The van der Waals surface area contributed by atoms with Crippen molar-refractivity contribution < 1.29 is 106 Å². The number of carbonyl (C=O) groups is 21. The molecule has 133 heavy (non-hydrogen) atoms. The van der Waals surface area contributed by atoms with Crippen LogP contribution in [0.1, 0.15) is 190 Å². The molecular weight excluding hydrogens is 1840 g/mol. The predicted octanol–water partition coefficient (Wildman–Crippen LogP) is 0.345. The largest absolute Gasteiger partial charge is 0.508 e. The average molecular weight is 1980 g/mol. The van der Waals surface area contributed by atoms with Gasteiger partial charge in [0.2, 0.25) is 64.7 Å². The van der Waals surface area contributed by atoms with Crippen LogP contribution in [-0.4, -0.2) is 320 Å². The van der Waals surface area contributed by atoms with Gasteiger partial charge in [-0.2, -0.15) is 70.6 Å². The predicted molar refractivity (Wildman–Crippen MR) is 518 cm³/mol. The monoisotopic (exact) mass is 1980 g/mol. The lowest BCUT2D eigenvalue weighted by atomic mass is 9.94. The number of nitrogens with zero attached hydrogens (tertiary/aromatic N) is 1. The summed E-state index contributed by atoms with van der Waals surface area (Å²) in [5.41, 5.74) is 21.6. The number of nitrogens with two attached hydrogens (primary N) is 3. The Kier molecular flexibility index (Phi) is 60.4. The van der Waals surface area contributed by atoms with Gasteiger partial charge in [-0.05, 0) is 163 Å². The van der Waals surface area contributed by atoms with Gasteiger partial charge in [-0.1, -0.05) is 46.2 Å². The third-order valence-electron chi connectivity index (χ3n) is 21.7. The number of thioether (sulfide) groups is 6. The minimum atomic E-state index is -1.58. The summed E-state index contributed by atoms with van der Waals surface area (Å²) in [7, 11) is 0. The van der Waals surface area contributed by atoms with Crippen LogP contribution in [0.2, 0.25) is 0 Å². The third-order valence-corrected chi connectivity index (χ3v) is 28.6. The van der Waals surface area contributed by atoms with E-state index in [2.05, 4.69) is 64.0 Å². The second-order valence-corrected chi connectivity index (χ2v) is 40.7. The maximum absolute atomic E-state index is 13.7. The molecule has 0 aromatic heterocycles. The van der Waals surface area contributed by atoms with Gasteiger partial charge in [0.05, 0.1) is 94.0 Å². The number of ketones is 12. The summed E-state index contributed by atoms with van der Waals surface area (Å²) in [6.07, 6.45) is 8.71. The van der Waals surface area contributed by atoms with Crippen molar-refractivity contribution in [3.05, 3.63) is 29.8 Å². The number of benzene rings is 1. The van der Waals surface area contributed by atoms with Gasteiger partial charge in [-0.3, -0.25) is 127 Å². The summed E-state index contributed by atoms with van der Waals surface area (Å²) in [5, 5.41) is 37.8. The van der Waals surface area contributed by atoms with Crippen LogP contribution >= 0.6 is 70.6 Å². The molecule has 746 valence electrons. The van der Waals surface area contributed by atoms with E-state index in [0.29, 0.717) is 114 Å². The van der Waals surface area contributed by atoms with Crippen LogP contribution in [0, 0.1) is 11.8 Å². The highest BCUT2D eigenvalue weighted by molar-refractivity contribution is 8.00. The van der Waals surface area contributed by atoms with Crippen molar-refractivity contribution in [3.63, 3.8) is 0 Å². The molecule has 7 saturated heterocycles. The Morgan fingerprint density at radius 1 is 0.466 bits per heavy atom. The van der Waals surface area contributed by atoms with Crippen LogP contribution in [0.4, 0.5) is 0 Å². The first-order chi connectivity index (χ1) is 63.1. The van der Waals surface area contributed by atoms with Crippen molar-refractivity contribution in [2.24, 2.45) is 29.0 Å². The lowest BCUT2D eigenvalue weighted by Crippen LogP contribution is -2.60. The Morgan fingerprint density at radius 3 is 1.26 bits per heavy atom. The van der Waals surface area contributed by atoms with Crippen molar-refractivity contribution in [2.45, 2.75) is 263 Å². The number of phenols is 1. The van der Waals surface area contributed by atoms with Gasteiger partial charge in [0.1, 0.15) is 87.7 Å². The number of carbonyl (C=O) groups excluding carboxylic acids is 21. The summed E-state index contributed by atoms with van der Waals surface area (Å²) in [5.74, 6) is 2.18. The minimum Gasteiger partial charge on any atom is -0.508 e. The maximum Gasteiger partial charge on any atom is 0.243 e. The fourth-order valence-electron chi connectivity index (χ4n) is 13.6. The van der Waals surface area contributed by atoms with Crippen molar-refractivity contribution in [1.29, 1.82) is 0 Å². The summed E-state index contributed by atoms with van der Waals surface area (Å²) in [6.45, 7) is 16.6. The highest BCUT2D eigenvalue weighted by Gasteiger charge is 2.41. The first-order valence-electron chi connectivity index (χ1n) is 45.4. The number of primary amides is 3. The summed E-state index contributed by atoms with van der Waals surface area (Å²) in [6, 6.07) is -2.83. The van der Waals surface area contributed by atoms with E-state index in [0.717, 1.165) is 83.9 Å². The number of rotatable bonds is 22. The van der Waals surface area contributed by atoms with Crippen LogP contribution in [0.3, 0.4) is 0 Å². The molecule has 38 nitrogen and oxygen atoms in total. The Balaban J connectivity index is 0.000000457. The first-order valence-corrected chi connectivity index (χ1v) is 52.3. The van der Waals surface area contributed by atoms with Crippen LogP contribution in [-0.2, 0) is 107 Å². The number of phenolic OH excluding ortho intramolecular Hbond substituents is 1. The number of likely N-dealkylation sites (tertiary alicyclic amines) is 1. The lowest BCUT2D eigenvalue weighted by Gasteiger charge is -2.30. The highest BCUT2D eigenvalue weighted by Crippen LogP contribution is 2.24. The number of hydrogen-bond donors (Lipinski definition) is 16. The van der Waals surface area contributed by atoms with E-state index in [4.69, 9.17) is 17.2 Å². The van der Waals surface area contributed by atoms with E-state index >= 15 is 0 Å². The minimum absolute atomic E-state index is 0.0114. The molecule has 13 atom stereocenters. The zero-order valence-corrected chi connectivity index (χ0v) is 83.0. The average Bonchev–Trinajstić information content (AvgIpc) is 1.70. The van der Waals surface area contributed by atoms with Crippen molar-refractivity contribution in [3.8, 4) is 5.75 Å². The Hall–Kier alpha value is -7.89. The zero-order valence-electron chi connectivity index (χ0n) is 78.1. The summed E-state index contributed by atoms with van der Waals surface area (Å²) in [4.78, 5) is 255. The maximum atomic E-state index is 13.7. The molecule has 0 saturated carbocycles. The van der Waals surface area contributed by atoms with Gasteiger partial charge in [-0.15, -0.1) is 0 Å². The van der Waals surface area contributed by atoms with Crippen LogP contribution < -0.4 is 81.2 Å². The van der Waals surface area contributed by atoms with Crippen LogP contribution in [0.25, 0.3) is 0 Å². The van der Waals surface area contributed by atoms with E-state index in [1.807, 2.05) is 13.8 Å². The fraction of sp³-hybridized carbons (Fsp3) is 0.697. The van der Waals surface area contributed by atoms with Crippen molar-refractivity contribution >= 4 is 193 Å². The Bertz CT molecular complexity index is 3870. The molecular formula is C89H142N16O22S6. The molecule has 7 fully saturated rings. The van der Waals surface area contributed by atoms with Gasteiger partial charge >= 0.3 is 0 Å². The number of hydrazine groups is 1. The van der Waals surface area contributed by atoms with Gasteiger partial charge in [-0.25, -0.2) is 10.9 Å². The number of Topliss-reactive ketones (excluding diaryl/α,β-unsaturated/α-hetero) is 12. The molecule has 19 N–H and O–H groups in total. The lowest BCUT2D eigenvalue weighted by molar-refractivity contribution is -0.141. The van der Waals surface area contributed by atoms with Gasteiger partial charge in [0.15, 0.2) is 0 Å². The standard InChI is InChI=1S/C32H47N7O9S.C21H35N5O5S.4C9H15NO2S/c1-4-17(2)28-32(48)36-21(11-12-25(33)42)29(45)30(46)22(15-26(34)43)38-39-24(18(3)40)16-49-13-5-6-27(44)35-23(31(47)37-28)14-19-7-9-20(41)10-8-19;1-13(2)9-15(19(29)24-11-18(22)28)25-20(30)17-6-3-7-26(17)21(31)16-12-32-8-4-5-14(27)10-23-16;4*1-7(11)9-6-13-4-2-3-8(12)5-10-9/h7-10,17,21-24,28,38-39,41H,4-6,11-16H2,1-3H3,(H2,33,42)(H2,34,43)(H,35,44)(H,36,48)(H,37,47);13,15-17,23H,3-12H2,1-2H3,(H2,22,28)(H,24,29)(H,25,30);4*9-10H,2-6H2,1H3/t17-,21?,22-,23-,24-,28-;15-,16-,17-;4*9-/m000000/s1. The molecule has 1 unspecified atom stereocenters. The molecule has 0 radical (unpaired) electrons. The molecule has 7 aliphatic rings. The highest BCUT2D eigenvalue weighted by atomic mass is 32.2. The van der Waals surface area contributed by atoms with Gasteiger partial charge < -0.3 is 53.8 Å². The summed E-state index contributed by atoms with van der Waals surface area (Å²) >= 11 is 9.94. The van der Waals surface area contributed by atoms with E-state index < -0.39 is 114 Å². The fourth-order valence-corrected chi connectivity index (χ4v) is 20.1. The van der Waals surface area contributed by atoms with Crippen LogP contribution in [0.15, 0.2) is 24.3 Å². The summed E-state index contributed by atoms with van der Waals surface area (Å²) < 4.78 is 0. The normalized spacial score (nSPS) is 24.7. The molecule has 1 aromatic carbocycles. The molecule has 0 spiro atoms. The quantitative estimate of drug-likeness (QED) is 0.0696. The smallest absolute Gasteiger partial charge is 0.243 e. The number of hydrogen-bond acceptors (Lipinski definition) is 35. The molecule has 7 heterocycles. The van der Waals surface area contributed by atoms with Crippen molar-refractivity contribution in [2.75, 3.05) is 115 Å². The number of aromatic hydroxyl groups is 1. The second-order valence-electron chi connectivity index (χ2n) is 33.8. The van der Waals surface area contributed by atoms with Crippen molar-refractivity contribution in [1.82, 2.24) is 68.9 Å². The van der Waals surface area contributed by atoms with Crippen LogP contribution in [0.5, 0.6) is 5.75 Å². The number of nitrogens with one attached hydrogen (secondary N) is 12. The SMILES string of the molecule is CC(=O)[C@@H]1CSCCCC(=O)CN1.CC(=O)[C@@H]1CSCCCC(=O)CN1.CC(=O)[C@@H]1CSCCCC(=O)CN1.CC(=O)[C@@H]1CSCCCC(=O)CN1.CC(C)C[C@H](NC(=O)[C@@H]1CCCN1C(=O)[C@@H]1CSCCCC(=O)CN1)C(=O)NCC(N)=O.CC[C@H](C)[C@@H]1NC(=O)[C@H](Cc2ccc(O)cc2)NC(=O)CCCSC[C@@H](C(C)=O)NN[C@@H](CC(N)=O)C(=O)C(=O)C(CCC(N)=O)NC1=O. The van der Waals surface area contributed by atoms with Gasteiger partial charge in [0, 0.05) is 92.4 Å². The second kappa shape index (κ2) is 67.4. The molecule has 9 amide bonds. The van der Waals surface area contributed by atoms with E-state index in [1.54, 1.807) is 117 Å². The first kappa shape index (κ1) is 119. The zero-order chi connectivity index (χ0) is 99.1. The Labute approximate surface area is 805 Å². The molecule has 44 heteroatoms. The third kappa shape index (κ3) is 51.2. The van der Waals surface area contributed by atoms with E-state index in [9.17, 15) is 106 Å². The van der Waals surface area contributed by atoms with E-state index in [-0.39, 0.29) is 150 Å². The molecule has 0 bridgehead atoms. The molecule has 8 rings (SSSR count). The Morgan fingerprint density at radius 2 is 0.865 bits per heavy atom. The topological polar surface area (TPSA) is 604 Å².